The molecule has 0 spiro atoms. The molecule has 0 aliphatic carbocycles. The molecular formula is C16H25NO. The molecule has 1 aliphatic heterocycles. The maximum Gasteiger partial charge on any atom is 0.0431 e. The van der Waals surface area contributed by atoms with E-state index in [1.165, 1.54) is 30.5 Å². The minimum atomic E-state index is 0.329. The number of aryl methyl sites for hydroxylation is 1. The van der Waals surface area contributed by atoms with Gasteiger partial charge in [-0.3, -0.25) is 4.90 Å². The third kappa shape index (κ3) is 3.56. The number of benzene rings is 1. The van der Waals surface area contributed by atoms with Crippen molar-refractivity contribution in [3.63, 3.8) is 0 Å². The average molecular weight is 247 g/mol. The highest BCUT2D eigenvalue weighted by molar-refractivity contribution is 5.22. The summed E-state index contributed by atoms with van der Waals surface area (Å²) in [4.78, 5) is 2.58. The fourth-order valence-electron chi connectivity index (χ4n) is 2.87. The minimum Gasteiger partial charge on any atom is -0.396 e. The summed E-state index contributed by atoms with van der Waals surface area (Å²) in [6.45, 7) is 4.81. The Bertz CT molecular complexity index is 347. The van der Waals surface area contributed by atoms with Crippen LogP contribution in [0.1, 0.15) is 43.7 Å². The van der Waals surface area contributed by atoms with E-state index in [2.05, 4.69) is 36.1 Å². The molecule has 1 atom stereocenters. The first kappa shape index (κ1) is 13.6. The number of rotatable bonds is 6. The Kier molecular flexibility index (Phi) is 5.21. The smallest absolute Gasteiger partial charge is 0.0431 e. The summed E-state index contributed by atoms with van der Waals surface area (Å²) < 4.78 is 0. The van der Waals surface area contributed by atoms with Gasteiger partial charge in [0, 0.05) is 19.2 Å². The Morgan fingerprint density at radius 2 is 1.94 bits per heavy atom. The van der Waals surface area contributed by atoms with E-state index in [4.69, 9.17) is 5.11 Å². The number of nitrogens with zero attached hydrogens (tertiary/aromatic N) is 1. The Morgan fingerprint density at radius 1 is 1.22 bits per heavy atom. The first-order valence-corrected chi connectivity index (χ1v) is 7.26. The summed E-state index contributed by atoms with van der Waals surface area (Å²) in [7, 11) is 0. The standard InChI is InChI=1S/C16H25NO/c1-2-14-7-9-15(10-8-14)13-17-11-3-5-16(17)6-4-12-18/h7-10,16,18H,2-6,11-13H2,1H3. The summed E-state index contributed by atoms with van der Waals surface area (Å²) in [6.07, 6.45) is 5.80. The SMILES string of the molecule is CCc1ccc(CN2CCCC2CCCO)cc1. The summed E-state index contributed by atoms with van der Waals surface area (Å²) in [5.74, 6) is 0. The van der Waals surface area contributed by atoms with Gasteiger partial charge in [0.25, 0.3) is 0 Å². The number of hydrogen-bond acceptors (Lipinski definition) is 2. The van der Waals surface area contributed by atoms with Crippen molar-refractivity contribution in [2.75, 3.05) is 13.2 Å². The first-order chi connectivity index (χ1) is 8.83. The molecule has 2 heteroatoms. The van der Waals surface area contributed by atoms with E-state index in [0.29, 0.717) is 12.6 Å². The molecule has 1 aliphatic rings. The Labute approximate surface area is 111 Å². The Hall–Kier alpha value is -0.860. The van der Waals surface area contributed by atoms with Gasteiger partial charge in [-0.15, -0.1) is 0 Å². The van der Waals surface area contributed by atoms with Crippen molar-refractivity contribution in [2.45, 2.75) is 51.6 Å². The Morgan fingerprint density at radius 3 is 2.61 bits per heavy atom. The molecule has 100 valence electrons. The second kappa shape index (κ2) is 6.91. The largest absolute Gasteiger partial charge is 0.396 e. The van der Waals surface area contributed by atoms with E-state index >= 15 is 0 Å². The third-order valence-corrected chi connectivity index (χ3v) is 4.01. The summed E-state index contributed by atoms with van der Waals surface area (Å²) in [5, 5.41) is 8.94. The fourth-order valence-corrected chi connectivity index (χ4v) is 2.87. The summed E-state index contributed by atoms with van der Waals surface area (Å²) in [5.41, 5.74) is 2.83. The number of aliphatic hydroxyl groups is 1. The normalized spacial score (nSPS) is 20.4. The van der Waals surface area contributed by atoms with Crippen molar-refractivity contribution in [3.05, 3.63) is 35.4 Å². The predicted molar refractivity (Wildman–Crippen MR) is 75.6 cm³/mol. The van der Waals surface area contributed by atoms with Crippen LogP contribution in [0.5, 0.6) is 0 Å². The highest BCUT2D eigenvalue weighted by Gasteiger charge is 2.23. The fraction of sp³-hybridized carbons (Fsp3) is 0.625. The van der Waals surface area contributed by atoms with Gasteiger partial charge in [-0.2, -0.15) is 0 Å². The van der Waals surface area contributed by atoms with Crippen LogP contribution in [0.25, 0.3) is 0 Å². The van der Waals surface area contributed by atoms with Crippen molar-refractivity contribution in [1.29, 1.82) is 0 Å². The van der Waals surface area contributed by atoms with Gasteiger partial charge >= 0.3 is 0 Å². The molecule has 2 nitrogen and oxygen atoms in total. The molecule has 1 heterocycles. The number of hydrogen-bond donors (Lipinski definition) is 1. The summed E-state index contributed by atoms with van der Waals surface area (Å²) >= 11 is 0. The molecule has 0 saturated carbocycles. The van der Waals surface area contributed by atoms with Crippen molar-refractivity contribution in [2.24, 2.45) is 0 Å². The van der Waals surface area contributed by atoms with E-state index in [1.54, 1.807) is 0 Å². The van der Waals surface area contributed by atoms with Crippen LogP contribution < -0.4 is 0 Å². The molecule has 0 radical (unpaired) electrons. The van der Waals surface area contributed by atoms with Gasteiger partial charge < -0.3 is 5.11 Å². The van der Waals surface area contributed by atoms with E-state index in [1.807, 2.05) is 0 Å². The second-order valence-corrected chi connectivity index (χ2v) is 5.30. The van der Waals surface area contributed by atoms with Crippen molar-refractivity contribution >= 4 is 0 Å². The molecule has 1 aromatic rings. The lowest BCUT2D eigenvalue weighted by atomic mass is 10.1. The van der Waals surface area contributed by atoms with Crippen LogP contribution >= 0.6 is 0 Å². The highest BCUT2D eigenvalue weighted by atomic mass is 16.2. The van der Waals surface area contributed by atoms with Gasteiger partial charge in [-0.05, 0) is 49.8 Å². The lowest BCUT2D eigenvalue weighted by Gasteiger charge is -2.24. The lowest BCUT2D eigenvalue weighted by molar-refractivity contribution is 0.210. The van der Waals surface area contributed by atoms with Crippen LogP contribution in [0.3, 0.4) is 0 Å². The quantitative estimate of drug-likeness (QED) is 0.835. The molecule has 1 aromatic carbocycles. The second-order valence-electron chi connectivity index (χ2n) is 5.30. The Balaban J connectivity index is 1.90. The van der Waals surface area contributed by atoms with E-state index in [9.17, 15) is 0 Å². The van der Waals surface area contributed by atoms with Crippen LogP contribution in [0, 0.1) is 0 Å². The van der Waals surface area contributed by atoms with Gasteiger partial charge in [-0.25, -0.2) is 0 Å². The minimum absolute atomic E-state index is 0.329. The van der Waals surface area contributed by atoms with Crippen LogP contribution in [0.2, 0.25) is 0 Å². The van der Waals surface area contributed by atoms with E-state index in [0.717, 1.165) is 25.8 Å². The topological polar surface area (TPSA) is 23.5 Å². The molecule has 1 N–H and O–H groups in total. The maximum atomic E-state index is 8.94. The zero-order valence-electron chi connectivity index (χ0n) is 11.4. The first-order valence-electron chi connectivity index (χ1n) is 7.26. The number of likely N-dealkylation sites (tertiary alicyclic amines) is 1. The molecular weight excluding hydrogens is 222 g/mol. The molecule has 2 rings (SSSR count). The molecule has 0 aromatic heterocycles. The molecule has 1 fully saturated rings. The molecule has 18 heavy (non-hydrogen) atoms. The van der Waals surface area contributed by atoms with E-state index < -0.39 is 0 Å². The molecule has 0 amide bonds. The van der Waals surface area contributed by atoms with Crippen LogP contribution in [-0.2, 0) is 13.0 Å². The monoisotopic (exact) mass is 247 g/mol. The zero-order valence-corrected chi connectivity index (χ0v) is 11.4. The summed E-state index contributed by atoms with van der Waals surface area (Å²) in [6, 6.07) is 9.70. The van der Waals surface area contributed by atoms with Crippen molar-refractivity contribution in [1.82, 2.24) is 4.90 Å². The van der Waals surface area contributed by atoms with Crippen molar-refractivity contribution < 1.29 is 5.11 Å². The zero-order chi connectivity index (χ0) is 12.8. The number of aliphatic hydroxyl groups excluding tert-OH is 1. The van der Waals surface area contributed by atoms with Crippen LogP contribution in [-0.4, -0.2) is 29.2 Å². The highest BCUT2D eigenvalue weighted by Crippen LogP contribution is 2.23. The van der Waals surface area contributed by atoms with Gasteiger partial charge in [0.1, 0.15) is 0 Å². The molecule has 1 saturated heterocycles. The molecule has 1 unspecified atom stereocenters. The lowest BCUT2D eigenvalue weighted by Crippen LogP contribution is -2.29. The van der Waals surface area contributed by atoms with Gasteiger partial charge in [0.2, 0.25) is 0 Å². The van der Waals surface area contributed by atoms with Crippen molar-refractivity contribution in [3.8, 4) is 0 Å². The predicted octanol–water partition coefficient (Wildman–Crippen LogP) is 2.99. The third-order valence-electron chi connectivity index (χ3n) is 4.01. The van der Waals surface area contributed by atoms with Gasteiger partial charge in [0.05, 0.1) is 0 Å². The van der Waals surface area contributed by atoms with Crippen LogP contribution in [0.4, 0.5) is 0 Å². The van der Waals surface area contributed by atoms with Gasteiger partial charge in [0.15, 0.2) is 0 Å². The van der Waals surface area contributed by atoms with Gasteiger partial charge in [-0.1, -0.05) is 31.2 Å². The maximum absolute atomic E-state index is 8.94. The van der Waals surface area contributed by atoms with Crippen LogP contribution in [0.15, 0.2) is 24.3 Å². The average Bonchev–Trinajstić information content (AvgIpc) is 2.84. The molecule has 0 bridgehead atoms. The van der Waals surface area contributed by atoms with E-state index in [-0.39, 0.29) is 0 Å².